The molecular weight excluding hydrogens is 346 g/mol. The van der Waals surface area contributed by atoms with E-state index < -0.39 is 0 Å². The van der Waals surface area contributed by atoms with Gasteiger partial charge in [-0.25, -0.2) is 0 Å². The van der Waals surface area contributed by atoms with Crippen LogP contribution in [0.3, 0.4) is 0 Å². The van der Waals surface area contributed by atoms with E-state index in [-0.39, 0.29) is 30.2 Å². The lowest BCUT2D eigenvalue weighted by Gasteiger charge is -2.22. The van der Waals surface area contributed by atoms with Gasteiger partial charge in [0.05, 0.1) is 12.0 Å². The summed E-state index contributed by atoms with van der Waals surface area (Å²) in [5.41, 5.74) is 1.70. The molecule has 140 valence electrons. The maximum absolute atomic E-state index is 12.6. The number of carbonyl (C=O) groups is 2. The van der Waals surface area contributed by atoms with E-state index in [1.165, 1.54) is 0 Å². The van der Waals surface area contributed by atoms with Gasteiger partial charge in [0.2, 0.25) is 11.8 Å². The van der Waals surface area contributed by atoms with Crippen molar-refractivity contribution in [2.75, 3.05) is 24.7 Å². The second-order valence-electron chi connectivity index (χ2n) is 6.74. The highest BCUT2D eigenvalue weighted by atomic mass is 16.6. The number of nitrogens with zero attached hydrogens (tertiary/aromatic N) is 2. The molecule has 1 saturated heterocycles. The van der Waals surface area contributed by atoms with Gasteiger partial charge in [-0.3, -0.25) is 14.6 Å². The monoisotopic (exact) mass is 367 g/mol. The van der Waals surface area contributed by atoms with Crippen molar-refractivity contribution in [1.29, 1.82) is 0 Å². The quantitative estimate of drug-likeness (QED) is 0.895. The fraction of sp³-hybridized carbons (Fsp3) is 0.350. The van der Waals surface area contributed by atoms with Gasteiger partial charge in [0.15, 0.2) is 11.5 Å². The Hall–Kier alpha value is -3.09. The molecule has 7 nitrogen and oxygen atoms in total. The summed E-state index contributed by atoms with van der Waals surface area (Å²) in [5, 5.41) is 2.99. The van der Waals surface area contributed by atoms with E-state index in [0.717, 1.165) is 11.3 Å². The van der Waals surface area contributed by atoms with Crippen molar-refractivity contribution in [3.05, 3.63) is 48.3 Å². The van der Waals surface area contributed by atoms with Gasteiger partial charge in [0, 0.05) is 37.1 Å². The maximum atomic E-state index is 12.6. The van der Waals surface area contributed by atoms with Crippen LogP contribution in [0.2, 0.25) is 0 Å². The van der Waals surface area contributed by atoms with Gasteiger partial charge in [0.25, 0.3) is 0 Å². The second-order valence-corrected chi connectivity index (χ2v) is 6.74. The molecule has 2 amide bonds. The van der Waals surface area contributed by atoms with E-state index in [9.17, 15) is 9.59 Å². The summed E-state index contributed by atoms with van der Waals surface area (Å²) in [6.07, 6.45) is 3.59. The van der Waals surface area contributed by atoms with Crippen molar-refractivity contribution in [1.82, 2.24) is 10.3 Å². The van der Waals surface area contributed by atoms with Gasteiger partial charge in [0.1, 0.15) is 13.2 Å². The standard InChI is InChI=1S/C20H21N3O4/c1-13(14-4-6-21-7-5-14)22-20(25)15-10-19(24)23(12-15)16-2-3-17-18(11-16)27-9-8-26-17/h2-7,11,13,15H,8-10,12H2,1H3,(H,22,25). The molecule has 2 aliphatic rings. The molecular formula is C20H21N3O4. The lowest BCUT2D eigenvalue weighted by molar-refractivity contribution is -0.126. The van der Waals surface area contributed by atoms with Gasteiger partial charge in [-0.15, -0.1) is 0 Å². The molecule has 2 unspecified atom stereocenters. The maximum Gasteiger partial charge on any atom is 0.227 e. The van der Waals surface area contributed by atoms with E-state index in [4.69, 9.17) is 9.47 Å². The number of benzene rings is 1. The molecule has 0 aliphatic carbocycles. The number of carbonyl (C=O) groups excluding carboxylic acids is 2. The van der Waals surface area contributed by atoms with E-state index in [0.29, 0.717) is 31.3 Å². The molecule has 0 saturated carbocycles. The Morgan fingerprint density at radius 2 is 1.93 bits per heavy atom. The van der Waals surface area contributed by atoms with Gasteiger partial charge >= 0.3 is 0 Å². The molecule has 1 fully saturated rings. The van der Waals surface area contributed by atoms with Crippen molar-refractivity contribution < 1.29 is 19.1 Å². The first-order chi connectivity index (χ1) is 13.1. The van der Waals surface area contributed by atoms with E-state index in [2.05, 4.69) is 10.3 Å². The lowest BCUT2D eigenvalue weighted by atomic mass is 10.1. The molecule has 0 bridgehead atoms. The van der Waals surface area contributed by atoms with Crippen molar-refractivity contribution in [3.63, 3.8) is 0 Å². The Labute approximate surface area is 157 Å². The summed E-state index contributed by atoms with van der Waals surface area (Å²) in [6.45, 7) is 3.28. The summed E-state index contributed by atoms with van der Waals surface area (Å²) in [7, 11) is 0. The largest absolute Gasteiger partial charge is 0.486 e. The number of hydrogen-bond donors (Lipinski definition) is 1. The summed E-state index contributed by atoms with van der Waals surface area (Å²) in [4.78, 5) is 30.7. The molecule has 2 atom stereocenters. The fourth-order valence-corrected chi connectivity index (χ4v) is 3.40. The van der Waals surface area contributed by atoms with Crippen LogP contribution in [0.5, 0.6) is 11.5 Å². The minimum Gasteiger partial charge on any atom is -0.486 e. The van der Waals surface area contributed by atoms with Crippen LogP contribution in [0.1, 0.15) is 24.9 Å². The topological polar surface area (TPSA) is 80.8 Å². The van der Waals surface area contributed by atoms with Crippen LogP contribution < -0.4 is 19.7 Å². The molecule has 4 rings (SSSR count). The first-order valence-corrected chi connectivity index (χ1v) is 9.02. The van der Waals surface area contributed by atoms with Crippen molar-refractivity contribution in [2.24, 2.45) is 5.92 Å². The fourth-order valence-electron chi connectivity index (χ4n) is 3.40. The Bertz CT molecular complexity index is 856. The number of amides is 2. The highest BCUT2D eigenvalue weighted by Gasteiger charge is 2.36. The minimum absolute atomic E-state index is 0.0663. The van der Waals surface area contributed by atoms with Crippen LogP contribution >= 0.6 is 0 Å². The van der Waals surface area contributed by atoms with Crippen molar-refractivity contribution in [3.8, 4) is 11.5 Å². The minimum atomic E-state index is -0.380. The van der Waals surface area contributed by atoms with Crippen LogP contribution in [-0.2, 0) is 9.59 Å². The van der Waals surface area contributed by atoms with Crippen LogP contribution in [0.15, 0.2) is 42.7 Å². The van der Waals surface area contributed by atoms with Gasteiger partial charge in [-0.2, -0.15) is 0 Å². The summed E-state index contributed by atoms with van der Waals surface area (Å²) in [5.74, 6) is 0.744. The second kappa shape index (κ2) is 7.26. The molecule has 2 aliphatic heterocycles. The highest BCUT2D eigenvalue weighted by Crippen LogP contribution is 2.36. The zero-order valence-electron chi connectivity index (χ0n) is 15.1. The Kier molecular flexibility index (Phi) is 4.66. The van der Waals surface area contributed by atoms with Crippen LogP contribution in [-0.4, -0.2) is 36.6 Å². The first kappa shape index (κ1) is 17.3. The molecule has 27 heavy (non-hydrogen) atoms. The predicted octanol–water partition coefficient (Wildman–Crippen LogP) is 2.08. The molecule has 0 radical (unpaired) electrons. The first-order valence-electron chi connectivity index (χ1n) is 9.02. The number of pyridine rings is 1. The Balaban J connectivity index is 1.43. The number of rotatable bonds is 4. The third-order valence-electron chi connectivity index (χ3n) is 4.90. The highest BCUT2D eigenvalue weighted by molar-refractivity contribution is 6.00. The zero-order valence-corrected chi connectivity index (χ0v) is 15.1. The molecule has 1 aromatic carbocycles. The zero-order chi connectivity index (χ0) is 18.8. The predicted molar refractivity (Wildman–Crippen MR) is 98.7 cm³/mol. The van der Waals surface area contributed by atoms with Crippen molar-refractivity contribution in [2.45, 2.75) is 19.4 Å². The van der Waals surface area contributed by atoms with Crippen LogP contribution in [0.25, 0.3) is 0 Å². The van der Waals surface area contributed by atoms with Gasteiger partial charge in [-0.05, 0) is 36.8 Å². The van der Waals surface area contributed by atoms with Crippen LogP contribution in [0.4, 0.5) is 5.69 Å². The number of nitrogens with one attached hydrogen (secondary N) is 1. The molecule has 0 spiro atoms. The van der Waals surface area contributed by atoms with E-state index in [1.54, 1.807) is 29.4 Å². The number of ether oxygens (including phenoxy) is 2. The average molecular weight is 367 g/mol. The van der Waals surface area contributed by atoms with Gasteiger partial charge in [-0.1, -0.05) is 0 Å². The summed E-state index contributed by atoms with van der Waals surface area (Å²) >= 11 is 0. The van der Waals surface area contributed by atoms with Crippen LogP contribution in [0, 0.1) is 5.92 Å². The third kappa shape index (κ3) is 3.58. The number of hydrogen-bond acceptors (Lipinski definition) is 5. The summed E-state index contributed by atoms with van der Waals surface area (Å²) < 4.78 is 11.1. The molecule has 7 heteroatoms. The molecule has 3 heterocycles. The molecule has 1 N–H and O–H groups in total. The average Bonchev–Trinajstić information content (AvgIpc) is 3.10. The molecule has 2 aromatic rings. The third-order valence-corrected chi connectivity index (χ3v) is 4.90. The number of aromatic nitrogens is 1. The van der Waals surface area contributed by atoms with E-state index >= 15 is 0 Å². The number of fused-ring (bicyclic) bond motifs is 1. The number of anilines is 1. The van der Waals surface area contributed by atoms with Gasteiger partial charge < -0.3 is 19.7 Å². The normalized spacial score (nSPS) is 19.7. The smallest absolute Gasteiger partial charge is 0.227 e. The summed E-state index contributed by atoms with van der Waals surface area (Å²) in [6, 6.07) is 9.02. The van der Waals surface area contributed by atoms with E-state index in [1.807, 2.05) is 25.1 Å². The Morgan fingerprint density at radius 3 is 2.70 bits per heavy atom. The lowest BCUT2D eigenvalue weighted by Crippen LogP contribution is -2.34. The van der Waals surface area contributed by atoms with Crippen molar-refractivity contribution >= 4 is 17.5 Å². The SMILES string of the molecule is CC(NC(=O)C1CC(=O)N(c2ccc3c(c2)OCCO3)C1)c1ccncc1. The molecule has 1 aromatic heterocycles. The Morgan fingerprint density at radius 1 is 1.19 bits per heavy atom.